The number of carbonyl (C=O) groups is 2. The molecule has 0 heterocycles. The fourth-order valence-electron chi connectivity index (χ4n) is 3.29. The van der Waals surface area contributed by atoms with E-state index in [9.17, 15) is 14.0 Å². The number of para-hydroxylation sites is 1. The molecule has 5 nitrogen and oxygen atoms in total. The SMILES string of the molecule is C[C@@H](CNc1ccccc1F)NC(=O)C(C(N)=O)C1CCCCC1. The van der Waals surface area contributed by atoms with Gasteiger partial charge < -0.3 is 16.4 Å². The number of anilines is 1. The first-order valence-corrected chi connectivity index (χ1v) is 8.57. The Labute approximate surface area is 142 Å². The van der Waals surface area contributed by atoms with Gasteiger partial charge in [-0.1, -0.05) is 31.4 Å². The average molecular weight is 335 g/mol. The molecule has 1 aliphatic rings. The summed E-state index contributed by atoms with van der Waals surface area (Å²) in [5, 5.41) is 5.78. The zero-order valence-electron chi connectivity index (χ0n) is 14.1. The lowest BCUT2D eigenvalue weighted by atomic mass is 9.79. The summed E-state index contributed by atoms with van der Waals surface area (Å²) < 4.78 is 13.6. The van der Waals surface area contributed by atoms with E-state index in [0.29, 0.717) is 12.2 Å². The van der Waals surface area contributed by atoms with Gasteiger partial charge in [-0.2, -0.15) is 0 Å². The van der Waals surface area contributed by atoms with Crippen molar-refractivity contribution in [2.75, 3.05) is 11.9 Å². The molecule has 4 N–H and O–H groups in total. The molecule has 0 spiro atoms. The molecule has 24 heavy (non-hydrogen) atoms. The highest BCUT2D eigenvalue weighted by Crippen LogP contribution is 2.30. The first-order chi connectivity index (χ1) is 11.5. The Morgan fingerprint density at radius 2 is 1.92 bits per heavy atom. The van der Waals surface area contributed by atoms with Crippen molar-refractivity contribution in [3.8, 4) is 0 Å². The van der Waals surface area contributed by atoms with E-state index in [2.05, 4.69) is 10.6 Å². The number of halogens is 1. The van der Waals surface area contributed by atoms with Crippen molar-refractivity contribution in [3.63, 3.8) is 0 Å². The van der Waals surface area contributed by atoms with Crippen LogP contribution in [-0.4, -0.2) is 24.4 Å². The Balaban J connectivity index is 1.88. The van der Waals surface area contributed by atoms with Gasteiger partial charge in [0.2, 0.25) is 11.8 Å². The lowest BCUT2D eigenvalue weighted by molar-refractivity contribution is -0.136. The first kappa shape index (κ1) is 18.2. The highest BCUT2D eigenvalue weighted by atomic mass is 19.1. The summed E-state index contributed by atoms with van der Waals surface area (Å²) in [4.78, 5) is 24.2. The van der Waals surface area contributed by atoms with Gasteiger partial charge in [-0.05, 0) is 37.8 Å². The maximum atomic E-state index is 13.6. The average Bonchev–Trinajstić information content (AvgIpc) is 2.55. The molecule has 1 unspecified atom stereocenters. The Morgan fingerprint density at radius 3 is 2.54 bits per heavy atom. The van der Waals surface area contributed by atoms with Gasteiger partial charge in [0.1, 0.15) is 11.7 Å². The molecule has 2 rings (SSSR count). The second-order valence-electron chi connectivity index (χ2n) is 6.55. The standard InChI is InChI=1S/C18H26FN3O2/c1-12(11-21-15-10-6-5-9-14(15)19)22-18(24)16(17(20)23)13-7-3-2-4-8-13/h5-6,9-10,12-13,16,21H,2-4,7-8,11H2,1H3,(H2,20,23)(H,22,24)/t12-,16?/m0/s1. The molecule has 0 bridgehead atoms. The number of benzene rings is 1. The molecule has 1 fully saturated rings. The van der Waals surface area contributed by atoms with Crippen molar-refractivity contribution in [1.82, 2.24) is 5.32 Å². The summed E-state index contributed by atoms with van der Waals surface area (Å²) in [6.07, 6.45) is 4.94. The van der Waals surface area contributed by atoms with Crippen LogP contribution in [0.3, 0.4) is 0 Å². The summed E-state index contributed by atoms with van der Waals surface area (Å²) in [5.41, 5.74) is 5.85. The van der Waals surface area contributed by atoms with Gasteiger partial charge in [-0.25, -0.2) is 4.39 Å². The number of rotatable bonds is 7. The highest BCUT2D eigenvalue weighted by Gasteiger charge is 2.34. The number of carbonyl (C=O) groups excluding carboxylic acids is 2. The third-order valence-corrected chi connectivity index (χ3v) is 4.57. The van der Waals surface area contributed by atoms with Crippen LogP contribution in [0.2, 0.25) is 0 Å². The van der Waals surface area contributed by atoms with Crippen LogP contribution in [0.4, 0.5) is 10.1 Å². The smallest absolute Gasteiger partial charge is 0.233 e. The van der Waals surface area contributed by atoms with Crippen LogP contribution in [-0.2, 0) is 9.59 Å². The van der Waals surface area contributed by atoms with E-state index in [1.165, 1.54) is 6.07 Å². The van der Waals surface area contributed by atoms with Crippen LogP contribution in [0.15, 0.2) is 24.3 Å². The van der Waals surface area contributed by atoms with E-state index in [-0.39, 0.29) is 23.7 Å². The van der Waals surface area contributed by atoms with Crippen LogP contribution in [0, 0.1) is 17.7 Å². The van der Waals surface area contributed by atoms with Crippen molar-refractivity contribution < 1.29 is 14.0 Å². The van der Waals surface area contributed by atoms with Crippen molar-refractivity contribution >= 4 is 17.5 Å². The summed E-state index contributed by atoms with van der Waals surface area (Å²) in [7, 11) is 0. The van der Waals surface area contributed by atoms with Gasteiger partial charge in [-0.15, -0.1) is 0 Å². The van der Waals surface area contributed by atoms with E-state index in [4.69, 9.17) is 5.73 Å². The molecular formula is C18H26FN3O2. The molecule has 1 aromatic rings. The van der Waals surface area contributed by atoms with Crippen LogP contribution >= 0.6 is 0 Å². The van der Waals surface area contributed by atoms with E-state index in [0.717, 1.165) is 32.1 Å². The number of hydrogen-bond donors (Lipinski definition) is 3. The zero-order valence-corrected chi connectivity index (χ0v) is 14.1. The molecule has 132 valence electrons. The highest BCUT2D eigenvalue weighted by molar-refractivity contribution is 6.00. The van der Waals surface area contributed by atoms with E-state index in [1.807, 2.05) is 6.92 Å². The van der Waals surface area contributed by atoms with Gasteiger partial charge in [0.05, 0.1) is 5.69 Å². The molecule has 0 saturated heterocycles. The van der Waals surface area contributed by atoms with Gasteiger partial charge in [0.15, 0.2) is 0 Å². The van der Waals surface area contributed by atoms with E-state index >= 15 is 0 Å². The van der Waals surface area contributed by atoms with Crippen molar-refractivity contribution in [2.24, 2.45) is 17.6 Å². The van der Waals surface area contributed by atoms with Crippen molar-refractivity contribution in [1.29, 1.82) is 0 Å². The quantitative estimate of drug-likeness (QED) is 0.669. The van der Waals surface area contributed by atoms with Crippen molar-refractivity contribution in [2.45, 2.75) is 45.1 Å². The number of hydrogen-bond acceptors (Lipinski definition) is 3. The van der Waals surface area contributed by atoms with Crippen LogP contribution in [0.5, 0.6) is 0 Å². The minimum absolute atomic E-state index is 0.0305. The zero-order chi connectivity index (χ0) is 17.5. The monoisotopic (exact) mass is 335 g/mol. The number of amides is 2. The molecule has 1 aromatic carbocycles. The Bertz CT molecular complexity index is 573. The third-order valence-electron chi connectivity index (χ3n) is 4.57. The summed E-state index contributed by atoms with van der Waals surface area (Å²) in [5.74, 6) is -1.97. The Hall–Kier alpha value is -2.11. The predicted molar refractivity (Wildman–Crippen MR) is 91.8 cm³/mol. The molecule has 0 radical (unpaired) electrons. The molecule has 0 aliphatic heterocycles. The molecule has 0 aromatic heterocycles. The predicted octanol–water partition coefficient (Wildman–Crippen LogP) is 2.42. The van der Waals surface area contributed by atoms with Crippen LogP contribution in [0.25, 0.3) is 0 Å². The van der Waals surface area contributed by atoms with Crippen LogP contribution < -0.4 is 16.4 Å². The second kappa shape index (κ2) is 8.66. The molecular weight excluding hydrogens is 309 g/mol. The van der Waals surface area contributed by atoms with E-state index < -0.39 is 11.8 Å². The number of nitrogens with one attached hydrogen (secondary N) is 2. The second-order valence-corrected chi connectivity index (χ2v) is 6.55. The normalized spacial score (nSPS) is 17.8. The summed E-state index contributed by atoms with van der Waals surface area (Å²) in [6, 6.07) is 6.12. The lowest BCUT2D eigenvalue weighted by Gasteiger charge is -2.28. The Kier molecular flexibility index (Phi) is 6.58. The fraction of sp³-hybridized carbons (Fsp3) is 0.556. The first-order valence-electron chi connectivity index (χ1n) is 8.57. The lowest BCUT2D eigenvalue weighted by Crippen LogP contribution is -2.47. The fourth-order valence-corrected chi connectivity index (χ4v) is 3.29. The number of primary amides is 1. The van der Waals surface area contributed by atoms with E-state index in [1.54, 1.807) is 18.2 Å². The maximum Gasteiger partial charge on any atom is 0.233 e. The van der Waals surface area contributed by atoms with Gasteiger partial charge in [0.25, 0.3) is 0 Å². The molecule has 1 saturated carbocycles. The summed E-state index contributed by atoms with van der Waals surface area (Å²) >= 11 is 0. The number of nitrogens with two attached hydrogens (primary N) is 1. The molecule has 2 amide bonds. The third kappa shape index (κ3) is 4.94. The minimum atomic E-state index is -0.777. The van der Waals surface area contributed by atoms with Gasteiger partial charge >= 0.3 is 0 Å². The summed E-state index contributed by atoms with van der Waals surface area (Å²) in [6.45, 7) is 2.17. The molecule has 1 aliphatic carbocycles. The van der Waals surface area contributed by atoms with Crippen molar-refractivity contribution in [3.05, 3.63) is 30.1 Å². The largest absolute Gasteiger partial charge is 0.381 e. The van der Waals surface area contributed by atoms with Crippen LogP contribution in [0.1, 0.15) is 39.0 Å². The molecule has 2 atom stereocenters. The topological polar surface area (TPSA) is 84.2 Å². The molecule has 6 heteroatoms. The van der Waals surface area contributed by atoms with Gasteiger partial charge in [-0.3, -0.25) is 9.59 Å². The Morgan fingerprint density at radius 1 is 1.25 bits per heavy atom. The minimum Gasteiger partial charge on any atom is -0.381 e. The maximum absolute atomic E-state index is 13.6. The van der Waals surface area contributed by atoms with Gasteiger partial charge in [0, 0.05) is 12.6 Å².